The highest BCUT2D eigenvalue weighted by Crippen LogP contribution is 2.15. The molecule has 0 amide bonds. The highest BCUT2D eigenvalue weighted by Gasteiger charge is 2.15. The summed E-state index contributed by atoms with van der Waals surface area (Å²) >= 11 is 0. The molecule has 1 N–H and O–H groups in total. The summed E-state index contributed by atoms with van der Waals surface area (Å²) in [5.74, 6) is 1.03. The first kappa shape index (κ1) is 14.8. The predicted octanol–water partition coefficient (Wildman–Crippen LogP) is 3.10. The minimum Gasteiger partial charge on any atom is -0.469 e. The van der Waals surface area contributed by atoms with E-state index in [1.165, 1.54) is 5.56 Å². The largest absolute Gasteiger partial charge is 0.469 e. The Labute approximate surface area is 121 Å². The minimum atomic E-state index is 0.330. The predicted molar refractivity (Wildman–Crippen MR) is 82.7 cm³/mol. The number of hydrogen-bond donors (Lipinski definition) is 1. The lowest BCUT2D eigenvalue weighted by Crippen LogP contribution is -2.37. The topological polar surface area (TPSA) is 28.4 Å². The van der Waals surface area contributed by atoms with Crippen LogP contribution in [0.4, 0.5) is 0 Å². The van der Waals surface area contributed by atoms with Crippen LogP contribution in [0.3, 0.4) is 0 Å². The molecule has 0 aliphatic carbocycles. The third-order valence-corrected chi connectivity index (χ3v) is 3.32. The zero-order chi connectivity index (χ0) is 14.4. The molecule has 3 nitrogen and oxygen atoms in total. The number of benzene rings is 1. The molecule has 0 aliphatic heterocycles. The summed E-state index contributed by atoms with van der Waals surface area (Å²) in [7, 11) is 4.21. The van der Waals surface area contributed by atoms with E-state index >= 15 is 0 Å². The van der Waals surface area contributed by atoms with Gasteiger partial charge in [0.05, 0.1) is 6.26 Å². The molecule has 0 aliphatic rings. The van der Waals surface area contributed by atoms with Gasteiger partial charge in [0.2, 0.25) is 0 Å². The molecule has 0 bridgehead atoms. The van der Waals surface area contributed by atoms with Gasteiger partial charge >= 0.3 is 0 Å². The van der Waals surface area contributed by atoms with Crippen LogP contribution in [0.1, 0.15) is 24.3 Å². The molecule has 2 aromatic rings. The number of furan rings is 1. The number of hydrogen-bond acceptors (Lipinski definition) is 3. The summed E-state index contributed by atoms with van der Waals surface area (Å²) in [4.78, 5) is 2.21. The van der Waals surface area contributed by atoms with E-state index in [1.807, 2.05) is 12.1 Å². The van der Waals surface area contributed by atoms with E-state index in [9.17, 15) is 0 Å². The lowest BCUT2D eigenvalue weighted by atomic mass is 10.0. The Bertz CT molecular complexity index is 479. The summed E-state index contributed by atoms with van der Waals surface area (Å²) in [5.41, 5.74) is 1.33. The Morgan fingerprint density at radius 1 is 1.10 bits per heavy atom. The molecule has 0 fully saturated rings. The molecule has 2 rings (SSSR count). The fraction of sp³-hybridized carbons (Fsp3) is 0.412. The van der Waals surface area contributed by atoms with E-state index in [4.69, 9.17) is 4.42 Å². The fourth-order valence-electron chi connectivity index (χ4n) is 2.44. The maximum Gasteiger partial charge on any atom is 0.105 e. The van der Waals surface area contributed by atoms with Crippen molar-refractivity contribution in [2.75, 3.05) is 20.6 Å². The summed E-state index contributed by atoms with van der Waals surface area (Å²) in [6.07, 6.45) is 2.64. The first-order chi connectivity index (χ1) is 9.65. The molecule has 0 radical (unpaired) electrons. The van der Waals surface area contributed by atoms with Gasteiger partial charge in [-0.1, -0.05) is 30.3 Å². The van der Waals surface area contributed by atoms with Crippen molar-refractivity contribution in [2.45, 2.75) is 25.4 Å². The molecule has 2 atom stereocenters. The fourth-order valence-corrected chi connectivity index (χ4v) is 2.44. The zero-order valence-corrected chi connectivity index (χ0v) is 12.5. The van der Waals surface area contributed by atoms with Crippen molar-refractivity contribution in [2.24, 2.45) is 0 Å². The number of likely N-dealkylation sites (N-methyl/N-ethyl adjacent to an activating group) is 1. The Morgan fingerprint density at radius 3 is 2.45 bits per heavy atom. The van der Waals surface area contributed by atoms with Crippen LogP contribution in [-0.2, 0) is 6.42 Å². The van der Waals surface area contributed by atoms with Crippen molar-refractivity contribution in [1.82, 2.24) is 10.2 Å². The summed E-state index contributed by atoms with van der Waals surface area (Å²) in [6.45, 7) is 3.18. The second kappa shape index (κ2) is 7.27. The molecule has 20 heavy (non-hydrogen) atoms. The average molecular weight is 272 g/mol. The highest BCUT2D eigenvalue weighted by molar-refractivity contribution is 5.19. The Balaban J connectivity index is 2.00. The first-order valence-corrected chi connectivity index (χ1v) is 7.13. The van der Waals surface area contributed by atoms with Gasteiger partial charge in [-0.3, -0.25) is 0 Å². The molecule has 0 spiro atoms. The van der Waals surface area contributed by atoms with Crippen LogP contribution < -0.4 is 5.32 Å². The molecule has 0 saturated carbocycles. The van der Waals surface area contributed by atoms with E-state index in [0.717, 1.165) is 18.7 Å². The zero-order valence-electron chi connectivity index (χ0n) is 12.5. The van der Waals surface area contributed by atoms with Gasteiger partial charge in [0.1, 0.15) is 5.76 Å². The van der Waals surface area contributed by atoms with Crippen LogP contribution in [-0.4, -0.2) is 31.6 Å². The maximum absolute atomic E-state index is 5.42. The molecular weight excluding hydrogens is 248 g/mol. The standard InChI is InChI=1S/C17H24N2O/c1-14(12-16-10-7-11-20-16)18-17(13-19(2)3)15-8-5-4-6-9-15/h4-11,14,17-18H,12-13H2,1-3H3. The average Bonchev–Trinajstić information content (AvgIpc) is 2.91. The van der Waals surface area contributed by atoms with E-state index in [0.29, 0.717) is 12.1 Å². The van der Waals surface area contributed by atoms with Gasteiger partial charge in [0.15, 0.2) is 0 Å². The van der Waals surface area contributed by atoms with E-state index in [2.05, 4.69) is 61.6 Å². The lowest BCUT2D eigenvalue weighted by molar-refractivity contribution is 0.318. The van der Waals surface area contributed by atoms with Gasteiger partial charge in [0.25, 0.3) is 0 Å². The van der Waals surface area contributed by atoms with E-state index in [1.54, 1.807) is 6.26 Å². The van der Waals surface area contributed by atoms with Gasteiger partial charge in [-0.05, 0) is 38.7 Å². The Morgan fingerprint density at radius 2 is 1.85 bits per heavy atom. The van der Waals surface area contributed by atoms with Crippen molar-refractivity contribution in [1.29, 1.82) is 0 Å². The Kier molecular flexibility index (Phi) is 5.39. The van der Waals surface area contributed by atoms with Crippen molar-refractivity contribution in [3.63, 3.8) is 0 Å². The second-order valence-corrected chi connectivity index (χ2v) is 5.58. The van der Waals surface area contributed by atoms with Crippen LogP contribution in [0.15, 0.2) is 53.1 Å². The molecule has 1 aromatic heterocycles. The quantitative estimate of drug-likeness (QED) is 0.839. The molecule has 108 valence electrons. The van der Waals surface area contributed by atoms with Crippen molar-refractivity contribution in [3.05, 3.63) is 60.1 Å². The maximum atomic E-state index is 5.42. The summed E-state index contributed by atoms with van der Waals surface area (Å²) in [6, 6.07) is 15.3. The van der Waals surface area contributed by atoms with Crippen molar-refractivity contribution < 1.29 is 4.42 Å². The Hall–Kier alpha value is -1.58. The van der Waals surface area contributed by atoms with Crippen molar-refractivity contribution in [3.8, 4) is 0 Å². The molecular formula is C17H24N2O. The molecule has 0 saturated heterocycles. The second-order valence-electron chi connectivity index (χ2n) is 5.58. The smallest absolute Gasteiger partial charge is 0.105 e. The monoisotopic (exact) mass is 272 g/mol. The van der Waals surface area contributed by atoms with Gasteiger partial charge in [-0.2, -0.15) is 0 Å². The normalized spacial score (nSPS) is 14.4. The van der Waals surface area contributed by atoms with Crippen LogP contribution >= 0.6 is 0 Å². The van der Waals surface area contributed by atoms with E-state index < -0.39 is 0 Å². The summed E-state index contributed by atoms with van der Waals surface area (Å²) < 4.78 is 5.42. The third kappa shape index (κ3) is 4.51. The third-order valence-electron chi connectivity index (χ3n) is 3.32. The van der Waals surface area contributed by atoms with Crippen LogP contribution in [0.25, 0.3) is 0 Å². The highest BCUT2D eigenvalue weighted by atomic mass is 16.3. The molecule has 3 heteroatoms. The molecule has 1 heterocycles. The van der Waals surface area contributed by atoms with Crippen LogP contribution in [0, 0.1) is 0 Å². The van der Waals surface area contributed by atoms with Gasteiger partial charge in [0, 0.05) is 25.0 Å². The first-order valence-electron chi connectivity index (χ1n) is 7.13. The number of nitrogens with zero attached hydrogens (tertiary/aromatic N) is 1. The van der Waals surface area contributed by atoms with Crippen LogP contribution in [0.5, 0.6) is 0 Å². The minimum absolute atomic E-state index is 0.330. The van der Waals surface area contributed by atoms with Gasteiger partial charge in [-0.25, -0.2) is 0 Å². The number of nitrogens with one attached hydrogen (secondary N) is 1. The van der Waals surface area contributed by atoms with Crippen molar-refractivity contribution >= 4 is 0 Å². The van der Waals surface area contributed by atoms with Crippen LogP contribution in [0.2, 0.25) is 0 Å². The van der Waals surface area contributed by atoms with Gasteiger partial charge in [-0.15, -0.1) is 0 Å². The van der Waals surface area contributed by atoms with E-state index in [-0.39, 0.29) is 0 Å². The lowest BCUT2D eigenvalue weighted by Gasteiger charge is -2.26. The SMILES string of the molecule is CC(Cc1ccco1)NC(CN(C)C)c1ccccc1. The molecule has 1 aromatic carbocycles. The number of rotatable bonds is 7. The summed E-state index contributed by atoms with van der Waals surface area (Å²) in [5, 5.41) is 3.70. The van der Waals surface area contributed by atoms with Gasteiger partial charge < -0.3 is 14.6 Å². The molecule has 2 unspecified atom stereocenters.